The number of hydrogen-bond acceptors (Lipinski definition) is 3. The number of rotatable bonds is 3. The molecule has 0 aliphatic carbocycles. The van der Waals surface area contributed by atoms with Gasteiger partial charge in [0.05, 0.1) is 14.1 Å². The molecule has 2 rings (SSSR count). The number of aromatic amines is 1. The van der Waals surface area contributed by atoms with Gasteiger partial charge in [-0.1, -0.05) is 40.5 Å². The summed E-state index contributed by atoms with van der Waals surface area (Å²) >= 11 is 0. The van der Waals surface area contributed by atoms with Crippen LogP contribution in [-0.4, -0.2) is 34.7 Å². The first-order valence-corrected chi connectivity index (χ1v) is 4.79. The van der Waals surface area contributed by atoms with Crippen molar-refractivity contribution in [3.8, 4) is 0 Å². The van der Waals surface area contributed by atoms with E-state index in [4.69, 9.17) is 0 Å². The van der Waals surface area contributed by atoms with Gasteiger partial charge in [0.25, 0.3) is 0 Å². The third-order valence-electron chi connectivity index (χ3n) is 2.30. The van der Waals surface area contributed by atoms with E-state index < -0.39 is 0 Å². The molecule has 0 atom stereocenters. The number of H-pyrrole nitrogens is 1. The van der Waals surface area contributed by atoms with Crippen molar-refractivity contribution in [3.63, 3.8) is 0 Å². The van der Waals surface area contributed by atoms with Crippen LogP contribution in [0.2, 0.25) is 0 Å². The van der Waals surface area contributed by atoms with Crippen molar-refractivity contribution >= 4 is 5.95 Å². The molecule has 5 nitrogen and oxygen atoms in total. The molecule has 2 aromatic rings. The average Bonchev–Trinajstić information content (AvgIpc) is 2.71. The summed E-state index contributed by atoms with van der Waals surface area (Å²) in [6, 6.07) is 10.3. The average molecular weight is 204 g/mol. The Morgan fingerprint density at radius 2 is 1.93 bits per heavy atom. The van der Waals surface area contributed by atoms with Crippen molar-refractivity contribution in [2.75, 3.05) is 14.1 Å². The highest BCUT2D eigenvalue weighted by Gasteiger charge is 2.24. The van der Waals surface area contributed by atoms with Crippen LogP contribution in [0.3, 0.4) is 0 Å². The van der Waals surface area contributed by atoms with Crippen molar-refractivity contribution in [1.82, 2.24) is 25.1 Å². The third-order valence-corrected chi connectivity index (χ3v) is 2.30. The minimum Gasteiger partial charge on any atom is -0.256 e. The molecule has 1 heterocycles. The van der Waals surface area contributed by atoms with Crippen LogP contribution in [0.1, 0.15) is 5.56 Å². The molecule has 1 aromatic heterocycles. The quantitative estimate of drug-likeness (QED) is 0.758. The third kappa shape index (κ3) is 2.19. The van der Waals surface area contributed by atoms with Crippen LogP contribution in [0.15, 0.2) is 30.3 Å². The predicted octanol–water partition coefficient (Wildman–Crippen LogP) is 0.967. The molecule has 5 heteroatoms. The van der Waals surface area contributed by atoms with E-state index >= 15 is 0 Å². The summed E-state index contributed by atoms with van der Waals surface area (Å²) in [5.41, 5.74) is 1.26. The minimum atomic E-state index is 0.584. The molecule has 1 N–H and O–H groups in total. The first-order valence-electron chi connectivity index (χ1n) is 4.79. The van der Waals surface area contributed by atoms with Gasteiger partial charge in [0.2, 0.25) is 0 Å². The number of tetrazole rings is 1. The number of hydrogen-bond donors (Lipinski definition) is 1. The maximum absolute atomic E-state index is 4.01. The fraction of sp³-hybridized carbons (Fsp3) is 0.300. The molecular weight excluding hydrogens is 190 g/mol. The van der Waals surface area contributed by atoms with Crippen molar-refractivity contribution in [2.24, 2.45) is 0 Å². The fourth-order valence-corrected chi connectivity index (χ4v) is 1.52. The van der Waals surface area contributed by atoms with Crippen LogP contribution < -0.4 is 4.48 Å². The van der Waals surface area contributed by atoms with Crippen LogP contribution >= 0.6 is 0 Å². The van der Waals surface area contributed by atoms with Crippen LogP contribution in [0.25, 0.3) is 0 Å². The van der Waals surface area contributed by atoms with Gasteiger partial charge < -0.3 is 0 Å². The second-order valence-electron chi connectivity index (χ2n) is 4.04. The Balaban J connectivity index is 2.18. The molecule has 0 spiro atoms. The molecule has 1 aromatic carbocycles. The predicted molar refractivity (Wildman–Crippen MR) is 58.0 cm³/mol. The number of quaternary nitrogens is 1. The molecule has 0 radical (unpaired) electrons. The summed E-state index contributed by atoms with van der Waals surface area (Å²) in [5, 5.41) is 14.1. The van der Waals surface area contributed by atoms with Crippen molar-refractivity contribution in [1.29, 1.82) is 0 Å². The first kappa shape index (κ1) is 9.79. The maximum Gasteiger partial charge on any atom is 0.367 e. The van der Waals surface area contributed by atoms with E-state index in [1.54, 1.807) is 0 Å². The lowest BCUT2D eigenvalue weighted by atomic mass is 10.2. The summed E-state index contributed by atoms with van der Waals surface area (Å²) in [5.74, 6) is 0.693. The monoisotopic (exact) mass is 204 g/mol. The molecule has 0 bridgehead atoms. The van der Waals surface area contributed by atoms with Gasteiger partial charge in [-0.25, -0.2) is 0 Å². The van der Waals surface area contributed by atoms with Gasteiger partial charge in [0.15, 0.2) is 0 Å². The molecule has 0 amide bonds. The molecule has 0 saturated carbocycles. The molecule has 15 heavy (non-hydrogen) atoms. The van der Waals surface area contributed by atoms with Gasteiger partial charge in [0, 0.05) is 5.56 Å². The second kappa shape index (κ2) is 3.78. The summed E-state index contributed by atoms with van der Waals surface area (Å²) in [7, 11) is 4.11. The van der Waals surface area contributed by atoms with Gasteiger partial charge >= 0.3 is 5.95 Å². The lowest BCUT2D eigenvalue weighted by molar-refractivity contribution is 0.371. The number of nitrogens with zero attached hydrogens (tertiary/aromatic N) is 4. The minimum absolute atomic E-state index is 0.584. The zero-order valence-corrected chi connectivity index (χ0v) is 8.88. The summed E-state index contributed by atoms with van der Waals surface area (Å²) in [6.45, 7) is 0.848. The van der Waals surface area contributed by atoms with E-state index in [1.165, 1.54) is 5.56 Å². The summed E-state index contributed by atoms with van der Waals surface area (Å²) < 4.78 is 0.584. The Labute approximate surface area is 88.3 Å². The van der Waals surface area contributed by atoms with Crippen LogP contribution in [0.5, 0.6) is 0 Å². The number of benzene rings is 1. The Bertz CT molecular complexity index is 407. The highest BCUT2D eigenvalue weighted by atomic mass is 15.6. The molecule has 0 aliphatic rings. The summed E-state index contributed by atoms with van der Waals surface area (Å²) in [6.07, 6.45) is 0. The van der Waals surface area contributed by atoms with E-state index in [-0.39, 0.29) is 0 Å². The van der Waals surface area contributed by atoms with Crippen LogP contribution in [0, 0.1) is 0 Å². The van der Waals surface area contributed by atoms with Gasteiger partial charge in [-0.3, -0.25) is 4.48 Å². The Morgan fingerprint density at radius 3 is 2.53 bits per heavy atom. The van der Waals surface area contributed by atoms with Crippen LogP contribution in [0.4, 0.5) is 5.95 Å². The van der Waals surface area contributed by atoms with E-state index in [2.05, 4.69) is 46.9 Å². The molecule has 78 valence electrons. The van der Waals surface area contributed by atoms with E-state index in [9.17, 15) is 0 Å². The zero-order valence-electron chi connectivity index (χ0n) is 8.88. The highest BCUT2D eigenvalue weighted by molar-refractivity contribution is 5.23. The molecule has 0 unspecified atom stereocenters. The second-order valence-corrected chi connectivity index (χ2v) is 4.04. The normalized spacial score (nSPS) is 11.6. The molecular formula is C10H14N5+. The lowest BCUT2D eigenvalue weighted by Crippen LogP contribution is -2.40. The first-order chi connectivity index (χ1) is 7.18. The van der Waals surface area contributed by atoms with Crippen molar-refractivity contribution in [3.05, 3.63) is 35.9 Å². The zero-order chi connectivity index (χ0) is 10.7. The highest BCUT2D eigenvalue weighted by Crippen LogP contribution is 2.14. The van der Waals surface area contributed by atoms with Crippen molar-refractivity contribution in [2.45, 2.75) is 6.54 Å². The van der Waals surface area contributed by atoms with Gasteiger partial charge in [-0.15, -0.1) is 0 Å². The fourth-order valence-electron chi connectivity index (χ4n) is 1.52. The molecule has 0 saturated heterocycles. The SMILES string of the molecule is C[N+](C)(Cc1ccccc1)c1nn[nH]n1. The van der Waals surface area contributed by atoms with Gasteiger partial charge in [0.1, 0.15) is 6.54 Å². The lowest BCUT2D eigenvalue weighted by Gasteiger charge is -2.24. The van der Waals surface area contributed by atoms with E-state index in [1.807, 2.05) is 18.2 Å². The van der Waals surface area contributed by atoms with Crippen molar-refractivity contribution < 1.29 is 0 Å². The van der Waals surface area contributed by atoms with E-state index in [0.717, 1.165) is 6.54 Å². The standard InChI is InChI=1S/C10H14N5/c1-15(2,10-11-13-14-12-10)8-9-6-4-3-5-7-9/h3-7H,8H2,1-2H3,(H,11,12,13,14)/q+1. The Hall–Kier alpha value is -1.75. The topological polar surface area (TPSA) is 54.5 Å². The van der Waals surface area contributed by atoms with Crippen LogP contribution in [-0.2, 0) is 6.54 Å². The summed E-state index contributed by atoms with van der Waals surface area (Å²) in [4.78, 5) is 0. The largest absolute Gasteiger partial charge is 0.367 e. The molecule has 0 fully saturated rings. The van der Waals surface area contributed by atoms with Gasteiger partial charge in [-0.05, 0) is 5.21 Å². The maximum atomic E-state index is 4.01. The number of aromatic nitrogens is 4. The number of nitrogens with one attached hydrogen (secondary N) is 1. The Kier molecular flexibility index (Phi) is 2.47. The van der Waals surface area contributed by atoms with E-state index in [0.29, 0.717) is 10.4 Å². The smallest absolute Gasteiger partial charge is 0.256 e. The Morgan fingerprint density at radius 1 is 1.20 bits per heavy atom. The molecule has 0 aliphatic heterocycles. The van der Waals surface area contributed by atoms with Gasteiger partial charge in [-0.2, -0.15) is 5.21 Å².